The Hall–Kier alpha value is -0.380. The molecule has 0 radical (unpaired) electrons. The summed E-state index contributed by atoms with van der Waals surface area (Å²) >= 11 is 1.64. The van der Waals surface area contributed by atoms with Crippen LogP contribution in [0.5, 0.6) is 0 Å². The Morgan fingerprint density at radius 3 is 2.22 bits per heavy atom. The summed E-state index contributed by atoms with van der Waals surface area (Å²) in [5.74, 6) is 1.39. The van der Waals surface area contributed by atoms with Crippen molar-refractivity contribution < 1.29 is 5.11 Å². The molecule has 18 heavy (non-hydrogen) atoms. The normalized spacial score (nSPS) is 13.8. The lowest BCUT2D eigenvalue weighted by Gasteiger charge is -2.24. The summed E-state index contributed by atoms with van der Waals surface area (Å²) in [7, 11) is 0. The van der Waals surface area contributed by atoms with E-state index in [1.54, 1.807) is 11.3 Å². The molecule has 0 spiro atoms. The fourth-order valence-corrected chi connectivity index (χ4v) is 2.97. The quantitative estimate of drug-likeness (QED) is 0.751. The molecule has 0 aliphatic rings. The molecular weight excluding hydrogens is 242 g/mol. The van der Waals surface area contributed by atoms with Gasteiger partial charge < -0.3 is 10.4 Å². The van der Waals surface area contributed by atoms with Crippen LogP contribution in [0, 0.1) is 11.8 Å². The van der Waals surface area contributed by atoms with Gasteiger partial charge in [0.1, 0.15) is 0 Å². The third-order valence-corrected chi connectivity index (χ3v) is 3.74. The second-order valence-corrected chi connectivity index (χ2v) is 6.72. The van der Waals surface area contributed by atoms with E-state index < -0.39 is 0 Å². The topological polar surface area (TPSA) is 32.3 Å². The molecule has 1 unspecified atom stereocenters. The zero-order chi connectivity index (χ0) is 13.5. The van der Waals surface area contributed by atoms with Gasteiger partial charge in [-0.05, 0) is 47.1 Å². The molecule has 0 amide bonds. The smallest absolute Gasteiger partial charge is 0.0922 e. The van der Waals surface area contributed by atoms with Crippen molar-refractivity contribution in [1.82, 2.24) is 5.32 Å². The van der Waals surface area contributed by atoms with E-state index in [1.807, 2.05) is 16.8 Å². The molecule has 1 aromatic heterocycles. The lowest BCUT2D eigenvalue weighted by Crippen LogP contribution is -2.34. The molecule has 0 aliphatic carbocycles. The van der Waals surface area contributed by atoms with E-state index in [4.69, 9.17) is 0 Å². The molecule has 104 valence electrons. The molecule has 2 nitrogen and oxygen atoms in total. The van der Waals surface area contributed by atoms with Crippen molar-refractivity contribution >= 4 is 11.3 Å². The maximum Gasteiger partial charge on any atom is 0.0922 e. The number of thiophene rings is 1. The third-order valence-electron chi connectivity index (χ3n) is 3.04. The standard InChI is InChI=1S/C15H27NOS/c1-11(2)7-14(8-12(3)4)16-9-15(17)13-5-6-18-10-13/h5-6,10-12,14-17H,7-9H2,1-4H3. The zero-order valence-corrected chi connectivity index (χ0v) is 12.8. The van der Waals surface area contributed by atoms with Crippen LogP contribution in [0.2, 0.25) is 0 Å². The molecule has 1 atom stereocenters. The monoisotopic (exact) mass is 269 g/mol. The van der Waals surface area contributed by atoms with Gasteiger partial charge in [0.15, 0.2) is 0 Å². The van der Waals surface area contributed by atoms with Crippen molar-refractivity contribution in [3.05, 3.63) is 22.4 Å². The van der Waals surface area contributed by atoms with Crippen LogP contribution in [0.3, 0.4) is 0 Å². The molecule has 0 aromatic carbocycles. The molecule has 1 heterocycles. The van der Waals surface area contributed by atoms with Gasteiger partial charge >= 0.3 is 0 Å². The van der Waals surface area contributed by atoms with Crippen LogP contribution in [0.4, 0.5) is 0 Å². The molecule has 0 bridgehead atoms. The molecular formula is C15H27NOS. The second-order valence-electron chi connectivity index (χ2n) is 5.94. The third kappa shape index (κ3) is 5.98. The molecule has 3 heteroatoms. The minimum absolute atomic E-state index is 0.377. The predicted octanol–water partition coefficient (Wildman–Crippen LogP) is 3.83. The maximum absolute atomic E-state index is 10.1. The van der Waals surface area contributed by atoms with E-state index >= 15 is 0 Å². The van der Waals surface area contributed by atoms with Gasteiger partial charge in [0.2, 0.25) is 0 Å². The summed E-state index contributed by atoms with van der Waals surface area (Å²) in [5.41, 5.74) is 1.03. The summed E-state index contributed by atoms with van der Waals surface area (Å²) in [6.07, 6.45) is 1.97. The highest BCUT2D eigenvalue weighted by atomic mass is 32.1. The van der Waals surface area contributed by atoms with Crippen LogP contribution < -0.4 is 5.32 Å². The lowest BCUT2D eigenvalue weighted by atomic mass is 9.95. The minimum Gasteiger partial charge on any atom is -0.387 e. The fraction of sp³-hybridized carbons (Fsp3) is 0.733. The zero-order valence-electron chi connectivity index (χ0n) is 12.0. The Bertz CT molecular complexity index is 298. The van der Waals surface area contributed by atoms with Crippen LogP contribution in [-0.4, -0.2) is 17.7 Å². The van der Waals surface area contributed by atoms with Crippen molar-refractivity contribution in [2.45, 2.75) is 52.7 Å². The number of hydrogen-bond acceptors (Lipinski definition) is 3. The van der Waals surface area contributed by atoms with Gasteiger partial charge in [-0.15, -0.1) is 0 Å². The second kappa shape index (κ2) is 7.93. The number of nitrogens with one attached hydrogen (secondary N) is 1. The van der Waals surface area contributed by atoms with Crippen molar-refractivity contribution in [3.63, 3.8) is 0 Å². The summed E-state index contributed by atoms with van der Waals surface area (Å²) in [6, 6.07) is 2.51. The molecule has 1 aromatic rings. The van der Waals surface area contributed by atoms with Gasteiger partial charge in [0.05, 0.1) is 6.10 Å². The van der Waals surface area contributed by atoms with Crippen molar-refractivity contribution in [3.8, 4) is 0 Å². The summed E-state index contributed by atoms with van der Waals surface area (Å²) in [5, 5.41) is 17.6. The van der Waals surface area contributed by atoms with E-state index in [0.29, 0.717) is 24.4 Å². The van der Waals surface area contributed by atoms with Gasteiger partial charge in [-0.1, -0.05) is 27.7 Å². The Kier molecular flexibility index (Phi) is 6.90. The molecule has 2 N–H and O–H groups in total. The highest BCUT2D eigenvalue weighted by molar-refractivity contribution is 7.07. The summed E-state index contributed by atoms with van der Waals surface area (Å²) in [4.78, 5) is 0. The van der Waals surface area contributed by atoms with Gasteiger partial charge in [-0.2, -0.15) is 11.3 Å². The number of aliphatic hydroxyl groups excluding tert-OH is 1. The number of aliphatic hydroxyl groups is 1. The first kappa shape index (κ1) is 15.7. The van der Waals surface area contributed by atoms with Crippen LogP contribution in [0.15, 0.2) is 16.8 Å². The SMILES string of the molecule is CC(C)CC(CC(C)C)NCC(O)c1ccsc1. The van der Waals surface area contributed by atoms with Crippen LogP contribution in [0.1, 0.15) is 52.2 Å². The Morgan fingerprint density at radius 2 is 1.78 bits per heavy atom. The molecule has 0 saturated heterocycles. The maximum atomic E-state index is 10.1. The van der Waals surface area contributed by atoms with E-state index in [2.05, 4.69) is 33.0 Å². The first-order valence-corrected chi connectivity index (χ1v) is 7.86. The van der Waals surface area contributed by atoms with Crippen molar-refractivity contribution in [2.75, 3.05) is 6.54 Å². The van der Waals surface area contributed by atoms with E-state index in [0.717, 1.165) is 5.56 Å². The van der Waals surface area contributed by atoms with Crippen molar-refractivity contribution in [1.29, 1.82) is 0 Å². The fourth-order valence-electron chi connectivity index (χ4n) is 2.26. The minimum atomic E-state index is -0.377. The Labute approximate surface area is 115 Å². The summed E-state index contributed by atoms with van der Waals surface area (Å²) < 4.78 is 0. The molecule has 1 rings (SSSR count). The molecule has 0 aliphatic heterocycles. The largest absolute Gasteiger partial charge is 0.387 e. The highest BCUT2D eigenvalue weighted by Crippen LogP contribution is 2.17. The van der Waals surface area contributed by atoms with Gasteiger partial charge in [-0.3, -0.25) is 0 Å². The van der Waals surface area contributed by atoms with Gasteiger partial charge in [0, 0.05) is 12.6 Å². The summed E-state index contributed by atoms with van der Waals surface area (Å²) in [6.45, 7) is 9.67. The van der Waals surface area contributed by atoms with E-state index in [9.17, 15) is 5.11 Å². The molecule has 0 fully saturated rings. The number of rotatable bonds is 8. The Morgan fingerprint density at radius 1 is 1.17 bits per heavy atom. The first-order valence-electron chi connectivity index (χ1n) is 6.92. The van der Waals surface area contributed by atoms with Crippen molar-refractivity contribution in [2.24, 2.45) is 11.8 Å². The Balaban J connectivity index is 2.40. The highest BCUT2D eigenvalue weighted by Gasteiger charge is 2.15. The van der Waals surface area contributed by atoms with Gasteiger partial charge in [-0.25, -0.2) is 0 Å². The number of hydrogen-bond donors (Lipinski definition) is 2. The van der Waals surface area contributed by atoms with Gasteiger partial charge in [0.25, 0.3) is 0 Å². The molecule has 0 saturated carbocycles. The lowest BCUT2D eigenvalue weighted by molar-refractivity contribution is 0.165. The van der Waals surface area contributed by atoms with E-state index in [1.165, 1.54) is 12.8 Å². The average molecular weight is 269 g/mol. The predicted molar refractivity (Wildman–Crippen MR) is 80.0 cm³/mol. The van der Waals surface area contributed by atoms with Crippen LogP contribution in [0.25, 0.3) is 0 Å². The van der Waals surface area contributed by atoms with Crippen LogP contribution >= 0.6 is 11.3 Å². The van der Waals surface area contributed by atoms with E-state index in [-0.39, 0.29) is 6.10 Å². The van der Waals surface area contributed by atoms with Crippen LogP contribution in [-0.2, 0) is 0 Å². The first-order chi connectivity index (χ1) is 8.49. The average Bonchev–Trinajstić information content (AvgIpc) is 2.77.